The molecule has 0 aliphatic heterocycles. The summed E-state index contributed by atoms with van der Waals surface area (Å²) < 4.78 is 6.92. The van der Waals surface area contributed by atoms with Gasteiger partial charge in [-0.1, -0.05) is 11.8 Å². The molecule has 0 saturated carbocycles. The first-order valence-electron chi connectivity index (χ1n) is 8.13. The first kappa shape index (κ1) is 18.1. The first-order valence-corrected chi connectivity index (χ1v) is 9.36. The number of nitrogens with zero attached hydrogens (tertiary/aromatic N) is 3. The molecule has 0 N–H and O–H groups in total. The van der Waals surface area contributed by atoms with Crippen molar-refractivity contribution in [2.24, 2.45) is 0 Å². The fourth-order valence-electron chi connectivity index (χ4n) is 2.82. The van der Waals surface area contributed by atoms with Gasteiger partial charge in [0, 0.05) is 29.3 Å². The Balaban J connectivity index is 2.32. The van der Waals surface area contributed by atoms with Gasteiger partial charge >= 0.3 is 0 Å². The highest BCUT2D eigenvalue weighted by atomic mass is 32.2. The summed E-state index contributed by atoms with van der Waals surface area (Å²) in [4.78, 5) is 33.7. The number of carbonyl (C=O) groups is 1. The lowest BCUT2D eigenvalue weighted by molar-refractivity contribution is 0.101. The molecule has 0 fully saturated rings. The van der Waals surface area contributed by atoms with Crippen molar-refractivity contribution >= 4 is 28.6 Å². The Labute approximate surface area is 155 Å². The van der Waals surface area contributed by atoms with E-state index in [-0.39, 0.29) is 11.3 Å². The summed E-state index contributed by atoms with van der Waals surface area (Å²) in [6, 6.07) is 6.91. The van der Waals surface area contributed by atoms with Crippen LogP contribution in [-0.4, -0.2) is 33.7 Å². The molecule has 2 aromatic heterocycles. The van der Waals surface area contributed by atoms with E-state index in [1.54, 1.807) is 35.0 Å². The van der Waals surface area contributed by atoms with Gasteiger partial charge in [-0.05, 0) is 49.9 Å². The number of aryl methyl sites for hydroxylation is 1. The monoisotopic (exact) mass is 369 g/mol. The van der Waals surface area contributed by atoms with Gasteiger partial charge in [0.1, 0.15) is 11.4 Å². The maximum absolute atomic E-state index is 13.1. The van der Waals surface area contributed by atoms with Gasteiger partial charge in [0.05, 0.1) is 7.11 Å². The van der Waals surface area contributed by atoms with Gasteiger partial charge in [-0.2, -0.15) is 0 Å². The molecular formula is C19H19N3O3S. The average molecular weight is 369 g/mol. The summed E-state index contributed by atoms with van der Waals surface area (Å²) in [7, 11) is 1.53. The Kier molecular flexibility index (Phi) is 5.08. The molecule has 0 aliphatic carbocycles. The second kappa shape index (κ2) is 7.29. The number of ether oxygens (including phenoxy) is 1. The Bertz CT molecular complexity index is 1060. The van der Waals surface area contributed by atoms with Gasteiger partial charge in [0.15, 0.2) is 10.9 Å². The summed E-state index contributed by atoms with van der Waals surface area (Å²) in [5.41, 5.74) is 2.07. The van der Waals surface area contributed by atoms with Crippen molar-refractivity contribution in [3.8, 4) is 16.9 Å². The topological polar surface area (TPSA) is 74.1 Å². The summed E-state index contributed by atoms with van der Waals surface area (Å²) >= 11 is 1.43. The molecule has 2 heterocycles. The van der Waals surface area contributed by atoms with E-state index in [2.05, 4.69) is 9.97 Å². The van der Waals surface area contributed by atoms with Gasteiger partial charge in [0.2, 0.25) is 0 Å². The van der Waals surface area contributed by atoms with Gasteiger partial charge in [-0.15, -0.1) is 0 Å². The Morgan fingerprint density at radius 2 is 2.04 bits per heavy atom. The second-order valence-corrected chi connectivity index (χ2v) is 6.52. The maximum atomic E-state index is 13.1. The molecule has 3 aromatic rings. The first-order chi connectivity index (χ1) is 12.5. The molecule has 3 rings (SSSR count). The molecule has 0 radical (unpaired) electrons. The smallest absolute Gasteiger partial charge is 0.260 e. The van der Waals surface area contributed by atoms with E-state index in [9.17, 15) is 9.59 Å². The van der Waals surface area contributed by atoms with Crippen LogP contribution in [0.2, 0.25) is 0 Å². The van der Waals surface area contributed by atoms with Gasteiger partial charge in [-0.25, -0.2) is 9.97 Å². The molecular weight excluding hydrogens is 350 g/mol. The summed E-state index contributed by atoms with van der Waals surface area (Å²) in [5, 5.41) is 1.39. The summed E-state index contributed by atoms with van der Waals surface area (Å²) in [6.07, 6.45) is 3.61. The fourth-order valence-corrected chi connectivity index (χ4v) is 3.15. The molecule has 7 heteroatoms. The molecule has 0 atom stereocenters. The maximum Gasteiger partial charge on any atom is 0.260 e. The van der Waals surface area contributed by atoms with Crippen LogP contribution in [0.25, 0.3) is 22.2 Å². The van der Waals surface area contributed by atoms with E-state index in [4.69, 9.17) is 4.74 Å². The SMILES string of the molecule is CCn1c(=O)c(-c2cc(OC)cc(C(C)=O)c2)cc2cnc(SC)nc21. The van der Waals surface area contributed by atoms with Crippen molar-refractivity contribution in [3.63, 3.8) is 0 Å². The van der Waals surface area contributed by atoms with Crippen molar-refractivity contribution in [2.75, 3.05) is 13.4 Å². The molecule has 26 heavy (non-hydrogen) atoms. The standard InChI is InChI=1S/C19H19N3O3S/c1-5-22-17-14(10-20-19(21-17)26-4)9-16(18(22)24)13-6-12(11(2)23)7-15(8-13)25-3/h6-10H,5H2,1-4H3. The number of rotatable bonds is 5. The van der Waals surface area contributed by atoms with Crippen LogP contribution in [0.1, 0.15) is 24.2 Å². The number of hydrogen-bond acceptors (Lipinski definition) is 6. The third-order valence-electron chi connectivity index (χ3n) is 4.16. The molecule has 0 bridgehead atoms. The van der Waals surface area contributed by atoms with Crippen LogP contribution in [0.4, 0.5) is 0 Å². The number of methoxy groups -OCH3 is 1. The zero-order valence-electron chi connectivity index (χ0n) is 15.1. The van der Waals surface area contributed by atoms with Crippen LogP contribution < -0.4 is 10.3 Å². The van der Waals surface area contributed by atoms with Crippen LogP contribution in [0, 0.1) is 0 Å². The highest BCUT2D eigenvalue weighted by Gasteiger charge is 2.15. The number of Topliss-reactive ketones (excluding diaryl/α,β-unsaturated/α-hetero) is 1. The lowest BCUT2D eigenvalue weighted by Gasteiger charge is -2.12. The van der Waals surface area contributed by atoms with Crippen LogP contribution in [0.15, 0.2) is 40.4 Å². The Morgan fingerprint density at radius 1 is 1.27 bits per heavy atom. The van der Waals surface area contributed by atoms with Crippen LogP contribution in [0.3, 0.4) is 0 Å². The van der Waals surface area contributed by atoms with Crippen molar-refractivity contribution in [1.82, 2.24) is 14.5 Å². The highest BCUT2D eigenvalue weighted by molar-refractivity contribution is 7.98. The number of hydrogen-bond donors (Lipinski definition) is 0. The Hall–Kier alpha value is -2.67. The van der Waals surface area contributed by atoms with Crippen LogP contribution >= 0.6 is 11.8 Å². The number of benzene rings is 1. The van der Waals surface area contributed by atoms with Crippen LogP contribution in [-0.2, 0) is 6.54 Å². The largest absolute Gasteiger partial charge is 0.497 e. The summed E-state index contributed by atoms with van der Waals surface area (Å²) in [6.45, 7) is 3.87. The molecule has 0 unspecified atom stereocenters. The van der Waals surface area contributed by atoms with Crippen LogP contribution in [0.5, 0.6) is 5.75 Å². The number of ketones is 1. The van der Waals surface area contributed by atoms with Crippen molar-refractivity contribution < 1.29 is 9.53 Å². The number of carbonyl (C=O) groups excluding carboxylic acids is 1. The molecule has 0 saturated heterocycles. The minimum Gasteiger partial charge on any atom is -0.497 e. The zero-order valence-corrected chi connectivity index (χ0v) is 15.9. The molecule has 0 amide bonds. The molecule has 134 valence electrons. The molecule has 1 aromatic carbocycles. The van der Waals surface area contributed by atoms with E-state index in [1.807, 2.05) is 13.2 Å². The number of pyridine rings is 1. The van der Waals surface area contributed by atoms with E-state index in [0.717, 1.165) is 5.39 Å². The number of aromatic nitrogens is 3. The quantitative estimate of drug-likeness (QED) is 0.390. The Morgan fingerprint density at radius 3 is 2.65 bits per heavy atom. The van der Waals surface area contributed by atoms with E-state index >= 15 is 0 Å². The molecule has 0 spiro atoms. The third-order valence-corrected chi connectivity index (χ3v) is 4.73. The van der Waals surface area contributed by atoms with Gasteiger partial charge in [0.25, 0.3) is 5.56 Å². The average Bonchev–Trinajstić information content (AvgIpc) is 2.66. The predicted octanol–water partition coefficient (Wildman–Crippen LogP) is 3.41. The number of thioether (sulfide) groups is 1. The predicted molar refractivity (Wildman–Crippen MR) is 103 cm³/mol. The summed E-state index contributed by atoms with van der Waals surface area (Å²) in [5.74, 6) is 0.443. The number of fused-ring (bicyclic) bond motifs is 1. The fraction of sp³-hybridized carbons (Fsp3) is 0.263. The van der Waals surface area contributed by atoms with Crippen molar-refractivity contribution in [2.45, 2.75) is 25.5 Å². The molecule has 6 nitrogen and oxygen atoms in total. The normalized spacial score (nSPS) is 10.9. The molecule has 0 aliphatic rings. The second-order valence-electron chi connectivity index (χ2n) is 5.75. The van der Waals surface area contributed by atoms with E-state index in [1.165, 1.54) is 25.8 Å². The lowest BCUT2D eigenvalue weighted by atomic mass is 10.0. The third kappa shape index (κ3) is 3.22. The van der Waals surface area contributed by atoms with Crippen molar-refractivity contribution in [1.29, 1.82) is 0 Å². The lowest BCUT2D eigenvalue weighted by Crippen LogP contribution is -2.22. The minimum atomic E-state index is -0.159. The van der Waals surface area contributed by atoms with Gasteiger partial charge < -0.3 is 4.74 Å². The van der Waals surface area contributed by atoms with Gasteiger partial charge in [-0.3, -0.25) is 14.2 Å². The minimum absolute atomic E-state index is 0.0882. The van der Waals surface area contributed by atoms with E-state index in [0.29, 0.717) is 39.8 Å². The van der Waals surface area contributed by atoms with Crippen molar-refractivity contribution in [3.05, 3.63) is 46.4 Å². The highest BCUT2D eigenvalue weighted by Crippen LogP contribution is 2.26. The zero-order chi connectivity index (χ0) is 18.8. The van der Waals surface area contributed by atoms with E-state index < -0.39 is 0 Å².